The van der Waals surface area contributed by atoms with Gasteiger partial charge in [-0.2, -0.15) is 0 Å². The van der Waals surface area contributed by atoms with E-state index in [4.69, 9.17) is 17.3 Å². The Balaban J connectivity index is 2.16. The van der Waals surface area contributed by atoms with Crippen LogP contribution in [0.1, 0.15) is 25.5 Å². The Hall–Kier alpha value is -0.610. The molecule has 1 aliphatic rings. The quantitative estimate of drug-likeness (QED) is 0.923. The molecule has 3 nitrogen and oxygen atoms in total. The van der Waals surface area contributed by atoms with Gasteiger partial charge in [0.15, 0.2) is 0 Å². The summed E-state index contributed by atoms with van der Waals surface area (Å²) in [4.78, 5) is 4.94. The molecule has 0 saturated carbocycles. The minimum atomic E-state index is 0.288. The highest BCUT2D eigenvalue weighted by Crippen LogP contribution is 2.25. The predicted octanol–water partition coefficient (Wildman–Crippen LogP) is 2.36. The average Bonchev–Trinajstić information content (AvgIpc) is 2.39. The molecule has 19 heavy (non-hydrogen) atoms. The lowest BCUT2D eigenvalue weighted by molar-refractivity contribution is 0.0352. The third-order valence-electron chi connectivity index (χ3n) is 4.31. The van der Waals surface area contributed by atoms with Crippen LogP contribution in [0.15, 0.2) is 24.3 Å². The topological polar surface area (TPSA) is 32.5 Å². The molecule has 1 aromatic carbocycles. The van der Waals surface area contributed by atoms with Gasteiger partial charge in [-0.15, -0.1) is 0 Å². The Morgan fingerprint density at radius 1 is 1.21 bits per heavy atom. The minimum Gasteiger partial charge on any atom is -0.329 e. The van der Waals surface area contributed by atoms with Gasteiger partial charge in [0.1, 0.15) is 0 Å². The van der Waals surface area contributed by atoms with Gasteiger partial charge in [-0.3, -0.25) is 9.80 Å². The fraction of sp³-hybridized carbons (Fsp3) is 0.600. The molecule has 3 atom stereocenters. The van der Waals surface area contributed by atoms with Gasteiger partial charge >= 0.3 is 0 Å². The first-order valence-electron chi connectivity index (χ1n) is 6.94. The summed E-state index contributed by atoms with van der Waals surface area (Å²) in [6.07, 6.45) is 0. The van der Waals surface area contributed by atoms with Crippen molar-refractivity contribution in [2.45, 2.75) is 32.0 Å². The molecular formula is C15H24ClN3. The maximum atomic E-state index is 6.01. The molecule has 2 rings (SSSR count). The molecule has 0 amide bonds. The zero-order valence-electron chi connectivity index (χ0n) is 12.0. The maximum absolute atomic E-state index is 6.01. The number of piperazine rings is 1. The zero-order chi connectivity index (χ0) is 14.0. The summed E-state index contributed by atoms with van der Waals surface area (Å²) >= 11 is 5.96. The highest BCUT2D eigenvalue weighted by molar-refractivity contribution is 6.30. The first-order valence-corrected chi connectivity index (χ1v) is 7.32. The van der Waals surface area contributed by atoms with E-state index in [2.05, 4.69) is 42.8 Å². The zero-order valence-corrected chi connectivity index (χ0v) is 12.8. The van der Waals surface area contributed by atoms with E-state index >= 15 is 0 Å². The van der Waals surface area contributed by atoms with E-state index < -0.39 is 0 Å². The molecule has 1 fully saturated rings. The molecule has 3 unspecified atom stereocenters. The molecule has 0 spiro atoms. The van der Waals surface area contributed by atoms with Gasteiger partial charge in [-0.25, -0.2) is 0 Å². The summed E-state index contributed by atoms with van der Waals surface area (Å²) in [5.74, 6) is 0. The Labute approximate surface area is 121 Å². The van der Waals surface area contributed by atoms with Crippen LogP contribution in [0.25, 0.3) is 0 Å². The van der Waals surface area contributed by atoms with Gasteiger partial charge in [0, 0.05) is 42.8 Å². The van der Waals surface area contributed by atoms with Crippen LogP contribution < -0.4 is 5.73 Å². The standard InChI is InChI=1S/C15H24ClN3/c1-11-9-19(10-12(2)18(11)3)15(8-17)13-4-6-14(16)7-5-13/h4-7,11-12,15H,8-10,17H2,1-3H3. The molecule has 1 heterocycles. The van der Waals surface area contributed by atoms with Crippen LogP contribution in [-0.4, -0.2) is 48.6 Å². The Bertz CT molecular complexity index is 394. The summed E-state index contributed by atoms with van der Waals surface area (Å²) in [5, 5.41) is 0.777. The Morgan fingerprint density at radius 3 is 2.21 bits per heavy atom. The third-order valence-corrected chi connectivity index (χ3v) is 4.56. The van der Waals surface area contributed by atoms with Crippen molar-refractivity contribution in [2.24, 2.45) is 5.73 Å². The number of benzene rings is 1. The van der Waals surface area contributed by atoms with Crippen molar-refractivity contribution in [1.82, 2.24) is 9.80 Å². The van der Waals surface area contributed by atoms with Crippen LogP contribution in [0, 0.1) is 0 Å². The smallest absolute Gasteiger partial charge is 0.0471 e. The van der Waals surface area contributed by atoms with Gasteiger partial charge in [-0.05, 0) is 38.6 Å². The minimum absolute atomic E-state index is 0.288. The van der Waals surface area contributed by atoms with Crippen LogP contribution in [-0.2, 0) is 0 Å². The van der Waals surface area contributed by atoms with E-state index in [9.17, 15) is 0 Å². The first kappa shape index (κ1) is 14.8. The number of hydrogen-bond acceptors (Lipinski definition) is 3. The summed E-state index contributed by atoms with van der Waals surface area (Å²) in [6.45, 7) is 7.32. The molecule has 0 radical (unpaired) electrons. The van der Waals surface area contributed by atoms with Crippen molar-refractivity contribution in [1.29, 1.82) is 0 Å². The molecule has 0 aliphatic carbocycles. The van der Waals surface area contributed by atoms with Crippen LogP contribution in [0.4, 0.5) is 0 Å². The van der Waals surface area contributed by atoms with E-state index in [1.807, 2.05) is 12.1 Å². The van der Waals surface area contributed by atoms with Gasteiger partial charge in [-0.1, -0.05) is 23.7 Å². The lowest BCUT2D eigenvalue weighted by atomic mass is 10.0. The number of nitrogens with two attached hydrogens (primary N) is 1. The van der Waals surface area contributed by atoms with Crippen LogP contribution in [0.3, 0.4) is 0 Å². The van der Waals surface area contributed by atoms with E-state index in [1.54, 1.807) is 0 Å². The Morgan fingerprint density at radius 2 is 1.74 bits per heavy atom. The van der Waals surface area contributed by atoms with Crippen molar-refractivity contribution in [3.63, 3.8) is 0 Å². The SMILES string of the molecule is CC1CN(C(CN)c2ccc(Cl)cc2)CC(C)N1C. The maximum Gasteiger partial charge on any atom is 0.0471 e. The molecule has 1 aromatic rings. The summed E-state index contributed by atoms with van der Waals surface area (Å²) in [6, 6.07) is 9.48. The summed E-state index contributed by atoms with van der Waals surface area (Å²) in [7, 11) is 2.20. The second-order valence-electron chi connectivity index (χ2n) is 5.62. The monoisotopic (exact) mass is 281 g/mol. The summed E-state index contributed by atoms with van der Waals surface area (Å²) < 4.78 is 0. The van der Waals surface area contributed by atoms with E-state index in [-0.39, 0.29) is 6.04 Å². The van der Waals surface area contributed by atoms with E-state index in [0.29, 0.717) is 18.6 Å². The molecule has 0 bridgehead atoms. The lowest BCUT2D eigenvalue weighted by Crippen LogP contribution is -2.56. The van der Waals surface area contributed by atoms with Gasteiger partial charge in [0.25, 0.3) is 0 Å². The number of hydrogen-bond donors (Lipinski definition) is 1. The van der Waals surface area contributed by atoms with Crippen molar-refractivity contribution in [3.8, 4) is 0 Å². The van der Waals surface area contributed by atoms with Gasteiger partial charge in [0.05, 0.1) is 0 Å². The fourth-order valence-corrected chi connectivity index (χ4v) is 3.01. The van der Waals surface area contributed by atoms with Crippen molar-refractivity contribution in [3.05, 3.63) is 34.9 Å². The number of likely N-dealkylation sites (N-methyl/N-ethyl adjacent to an activating group) is 1. The summed E-state index contributed by atoms with van der Waals surface area (Å²) in [5.41, 5.74) is 7.27. The molecule has 106 valence electrons. The lowest BCUT2D eigenvalue weighted by Gasteiger charge is -2.45. The van der Waals surface area contributed by atoms with Crippen LogP contribution >= 0.6 is 11.6 Å². The average molecular weight is 282 g/mol. The van der Waals surface area contributed by atoms with E-state index in [0.717, 1.165) is 18.1 Å². The second kappa shape index (κ2) is 6.23. The highest BCUT2D eigenvalue weighted by Gasteiger charge is 2.30. The van der Waals surface area contributed by atoms with Crippen LogP contribution in [0.2, 0.25) is 5.02 Å². The van der Waals surface area contributed by atoms with Crippen LogP contribution in [0.5, 0.6) is 0 Å². The predicted molar refractivity (Wildman–Crippen MR) is 81.5 cm³/mol. The number of nitrogens with zero attached hydrogens (tertiary/aromatic N) is 2. The normalized spacial score (nSPS) is 27.4. The Kier molecular flexibility index (Phi) is 4.85. The molecular weight excluding hydrogens is 258 g/mol. The molecule has 4 heteroatoms. The van der Waals surface area contributed by atoms with Crippen molar-refractivity contribution >= 4 is 11.6 Å². The first-order chi connectivity index (χ1) is 9.02. The molecule has 1 saturated heterocycles. The van der Waals surface area contributed by atoms with Crippen molar-refractivity contribution in [2.75, 3.05) is 26.7 Å². The molecule has 1 aliphatic heterocycles. The fourth-order valence-electron chi connectivity index (χ4n) is 2.88. The number of halogens is 1. The third kappa shape index (κ3) is 3.29. The van der Waals surface area contributed by atoms with Gasteiger partial charge in [0.2, 0.25) is 0 Å². The highest BCUT2D eigenvalue weighted by atomic mass is 35.5. The molecule has 0 aromatic heterocycles. The largest absolute Gasteiger partial charge is 0.329 e. The van der Waals surface area contributed by atoms with Gasteiger partial charge < -0.3 is 5.73 Å². The number of rotatable bonds is 3. The van der Waals surface area contributed by atoms with Crippen molar-refractivity contribution < 1.29 is 0 Å². The van der Waals surface area contributed by atoms with E-state index in [1.165, 1.54) is 5.56 Å². The second-order valence-corrected chi connectivity index (χ2v) is 6.06. The molecule has 2 N–H and O–H groups in total.